The van der Waals surface area contributed by atoms with Gasteiger partial charge in [0.15, 0.2) is 0 Å². The second-order valence-electron chi connectivity index (χ2n) is 5.48. The average molecular weight is 228 g/mol. The van der Waals surface area contributed by atoms with E-state index in [1.165, 1.54) is 25.8 Å². The van der Waals surface area contributed by atoms with Crippen LogP contribution in [0.2, 0.25) is 0 Å². The predicted molar refractivity (Wildman–Crippen MR) is 68.6 cm³/mol. The second-order valence-corrected chi connectivity index (χ2v) is 5.48. The van der Waals surface area contributed by atoms with Crippen LogP contribution in [0.25, 0.3) is 0 Å². The molecule has 2 N–H and O–H groups in total. The summed E-state index contributed by atoms with van der Waals surface area (Å²) in [6, 6.07) is 0.722. The van der Waals surface area contributed by atoms with E-state index in [9.17, 15) is 0 Å². The quantitative estimate of drug-likeness (QED) is 0.707. The summed E-state index contributed by atoms with van der Waals surface area (Å²) in [5.74, 6) is 0. The fourth-order valence-electron chi connectivity index (χ4n) is 2.14. The van der Waals surface area contributed by atoms with E-state index < -0.39 is 0 Å². The molecule has 0 saturated carbocycles. The number of ether oxygens (including phenoxy) is 1. The molecule has 1 rings (SSSR count). The summed E-state index contributed by atoms with van der Waals surface area (Å²) in [6.45, 7) is 6.94. The number of piperidine rings is 1. The SMILES string of the molecule is CCC(C)(N)COCCC1CCCCN1C. The van der Waals surface area contributed by atoms with Gasteiger partial charge in [-0.2, -0.15) is 0 Å². The minimum Gasteiger partial charge on any atom is -0.379 e. The van der Waals surface area contributed by atoms with Crippen LogP contribution in [-0.2, 0) is 4.74 Å². The number of hydrogen-bond donors (Lipinski definition) is 1. The minimum atomic E-state index is -0.154. The van der Waals surface area contributed by atoms with Gasteiger partial charge in [0.25, 0.3) is 0 Å². The van der Waals surface area contributed by atoms with Crippen LogP contribution in [0.1, 0.15) is 46.0 Å². The van der Waals surface area contributed by atoms with Crippen LogP contribution in [-0.4, -0.2) is 43.3 Å². The lowest BCUT2D eigenvalue weighted by molar-refractivity contribution is 0.0641. The van der Waals surface area contributed by atoms with Crippen LogP contribution in [0.15, 0.2) is 0 Å². The Bertz CT molecular complexity index is 194. The van der Waals surface area contributed by atoms with Gasteiger partial charge in [0.2, 0.25) is 0 Å². The first-order valence-corrected chi connectivity index (χ1v) is 6.62. The molecule has 1 aliphatic heterocycles. The topological polar surface area (TPSA) is 38.5 Å². The molecule has 0 aliphatic carbocycles. The van der Waals surface area contributed by atoms with Crippen molar-refractivity contribution in [1.29, 1.82) is 0 Å². The zero-order valence-corrected chi connectivity index (χ0v) is 11.2. The van der Waals surface area contributed by atoms with Gasteiger partial charge in [-0.1, -0.05) is 13.3 Å². The third-order valence-corrected chi connectivity index (χ3v) is 3.76. The highest BCUT2D eigenvalue weighted by Gasteiger charge is 2.19. The fraction of sp³-hybridized carbons (Fsp3) is 1.00. The van der Waals surface area contributed by atoms with Gasteiger partial charge in [-0.25, -0.2) is 0 Å². The molecular weight excluding hydrogens is 200 g/mol. The molecule has 0 aromatic rings. The predicted octanol–water partition coefficient (Wildman–Crippen LogP) is 2.00. The Morgan fingerprint density at radius 2 is 2.19 bits per heavy atom. The number of hydrogen-bond acceptors (Lipinski definition) is 3. The first-order valence-electron chi connectivity index (χ1n) is 6.62. The molecule has 0 radical (unpaired) electrons. The normalized spacial score (nSPS) is 26.6. The van der Waals surface area contributed by atoms with Crippen molar-refractivity contribution in [3.63, 3.8) is 0 Å². The Kier molecular flexibility index (Phi) is 5.73. The van der Waals surface area contributed by atoms with E-state index in [0.29, 0.717) is 6.61 Å². The maximum Gasteiger partial charge on any atom is 0.0643 e. The van der Waals surface area contributed by atoms with E-state index >= 15 is 0 Å². The van der Waals surface area contributed by atoms with E-state index in [0.717, 1.165) is 25.5 Å². The van der Waals surface area contributed by atoms with Crippen LogP contribution in [0.4, 0.5) is 0 Å². The summed E-state index contributed by atoms with van der Waals surface area (Å²) >= 11 is 0. The molecule has 0 aromatic heterocycles. The van der Waals surface area contributed by atoms with Crippen LogP contribution in [0, 0.1) is 0 Å². The smallest absolute Gasteiger partial charge is 0.0643 e. The van der Waals surface area contributed by atoms with Gasteiger partial charge >= 0.3 is 0 Å². The average Bonchev–Trinajstić information content (AvgIpc) is 2.27. The molecule has 96 valence electrons. The van der Waals surface area contributed by atoms with E-state index in [4.69, 9.17) is 10.5 Å². The first-order chi connectivity index (χ1) is 7.55. The Labute approximate surface area is 100 Å². The van der Waals surface area contributed by atoms with Crippen molar-refractivity contribution >= 4 is 0 Å². The van der Waals surface area contributed by atoms with E-state index in [1.54, 1.807) is 0 Å². The Hall–Kier alpha value is -0.120. The molecule has 1 aliphatic rings. The molecule has 0 bridgehead atoms. The van der Waals surface area contributed by atoms with Gasteiger partial charge in [-0.15, -0.1) is 0 Å². The third-order valence-electron chi connectivity index (χ3n) is 3.76. The summed E-state index contributed by atoms with van der Waals surface area (Å²) in [6.07, 6.45) is 6.17. The molecule has 16 heavy (non-hydrogen) atoms. The molecule has 2 atom stereocenters. The molecule has 0 aromatic carbocycles. The lowest BCUT2D eigenvalue weighted by Gasteiger charge is -2.32. The van der Waals surface area contributed by atoms with Gasteiger partial charge in [0.1, 0.15) is 0 Å². The van der Waals surface area contributed by atoms with Gasteiger partial charge < -0.3 is 15.4 Å². The molecule has 1 heterocycles. The maximum atomic E-state index is 6.03. The number of nitrogens with zero attached hydrogens (tertiary/aromatic N) is 1. The lowest BCUT2D eigenvalue weighted by atomic mass is 10.0. The molecule has 0 spiro atoms. The Morgan fingerprint density at radius 1 is 1.44 bits per heavy atom. The van der Waals surface area contributed by atoms with Gasteiger partial charge in [-0.05, 0) is 46.2 Å². The molecule has 1 saturated heterocycles. The van der Waals surface area contributed by atoms with Crippen LogP contribution < -0.4 is 5.73 Å². The summed E-state index contributed by atoms with van der Waals surface area (Å²) in [5.41, 5.74) is 5.87. The monoisotopic (exact) mass is 228 g/mol. The van der Waals surface area contributed by atoms with Crippen LogP contribution in [0.3, 0.4) is 0 Å². The van der Waals surface area contributed by atoms with E-state index in [2.05, 4.69) is 25.8 Å². The van der Waals surface area contributed by atoms with Gasteiger partial charge in [0.05, 0.1) is 6.61 Å². The molecule has 3 heteroatoms. The number of rotatable bonds is 6. The zero-order chi connectivity index (χ0) is 12.0. The van der Waals surface area contributed by atoms with Crippen molar-refractivity contribution in [1.82, 2.24) is 4.90 Å². The van der Waals surface area contributed by atoms with Crippen molar-refractivity contribution in [2.45, 2.75) is 57.5 Å². The van der Waals surface area contributed by atoms with Crippen LogP contribution >= 0.6 is 0 Å². The summed E-state index contributed by atoms with van der Waals surface area (Å²) in [7, 11) is 2.23. The minimum absolute atomic E-state index is 0.154. The Morgan fingerprint density at radius 3 is 2.81 bits per heavy atom. The number of likely N-dealkylation sites (tertiary alicyclic amines) is 1. The maximum absolute atomic E-state index is 6.03. The lowest BCUT2D eigenvalue weighted by Crippen LogP contribution is -2.41. The second kappa shape index (κ2) is 6.58. The van der Waals surface area contributed by atoms with Crippen molar-refractivity contribution in [2.75, 3.05) is 26.8 Å². The third kappa shape index (κ3) is 4.81. The highest BCUT2D eigenvalue weighted by molar-refractivity contribution is 4.77. The van der Waals surface area contributed by atoms with Gasteiger partial charge in [0, 0.05) is 18.2 Å². The fourth-order valence-corrected chi connectivity index (χ4v) is 2.14. The van der Waals surface area contributed by atoms with Crippen molar-refractivity contribution in [3.8, 4) is 0 Å². The summed E-state index contributed by atoms with van der Waals surface area (Å²) in [4.78, 5) is 2.47. The van der Waals surface area contributed by atoms with Gasteiger partial charge in [-0.3, -0.25) is 0 Å². The van der Waals surface area contributed by atoms with E-state index in [-0.39, 0.29) is 5.54 Å². The Balaban J connectivity index is 2.10. The highest BCUT2D eigenvalue weighted by Crippen LogP contribution is 2.17. The molecule has 2 unspecified atom stereocenters. The molecule has 1 fully saturated rings. The van der Waals surface area contributed by atoms with E-state index in [1.807, 2.05) is 0 Å². The summed E-state index contributed by atoms with van der Waals surface area (Å²) < 4.78 is 5.69. The largest absolute Gasteiger partial charge is 0.379 e. The molecule has 0 amide bonds. The van der Waals surface area contributed by atoms with Crippen molar-refractivity contribution in [3.05, 3.63) is 0 Å². The van der Waals surface area contributed by atoms with Crippen LogP contribution in [0.5, 0.6) is 0 Å². The molecule has 3 nitrogen and oxygen atoms in total. The zero-order valence-electron chi connectivity index (χ0n) is 11.2. The first kappa shape index (κ1) is 13.9. The highest BCUT2D eigenvalue weighted by atomic mass is 16.5. The number of nitrogens with two attached hydrogens (primary N) is 1. The molecular formula is C13H28N2O. The van der Waals surface area contributed by atoms with Crippen molar-refractivity contribution < 1.29 is 4.74 Å². The summed E-state index contributed by atoms with van der Waals surface area (Å²) in [5, 5.41) is 0. The standard InChI is InChI=1S/C13H28N2O/c1-4-13(2,14)11-16-10-8-12-7-5-6-9-15(12)3/h12H,4-11,14H2,1-3H3. The van der Waals surface area contributed by atoms with Crippen molar-refractivity contribution in [2.24, 2.45) is 5.73 Å².